The lowest BCUT2D eigenvalue weighted by Gasteiger charge is -2.12. The highest BCUT2D eigenvalue weighted by Crippen LogP contribution is 2.32. The molecular weight excluding hydrogens is 374 g/mol. The summed E-state index contributed by atoms with van der Waals surface area (Å²) in [5.41, 5.74) is 2.25. The molecule has 0 unspecified atom stereocenters. The summed E-state index contributed by atoms with van der Waals surface area (Å²) in [4.78, 5) is 10.2. The van der Waals surface area contributed by atoms with E-state index < -0.39 is 0 Å². The molecule has 1 atom stereocenters. The van der Waals surface area contributed by atoms with Gasteiger partial charge in [-0.3, -0.25) is 0 Å². The molecule has 3 aromatic heterocycles. The molecule has 0 radical (unpaired) electrons. The molecule has 142 valence electrons. The first-order valence-corrected chi connectivity index (χ1v) is 10.0. The summed E-state index contributed by atoms with van der Waals surface area (Å²) >= 11 is 1.66. The quantitative estimate of drug-likeness (QED) is 0.496. The molecule has 4 rings (SSSR count). The highest BCUT2D eigenvalue weighted by Gasteiger charge is 2.16. The fourth-order valence-electron chi connectivity index (χ4n) is 2.88. The Morgan fingerprint density at radius 2 is 1.96 bits per heavy atom. The Balaban J connectivity index is 1.70. The number of hydrogen-bond acceptors (Lipinski definition) is 7. The molecule has 0 saturated carbocycles. The van der Waals surface area contributed by atoms with E-state index in [1.54, 1.807) is 28.9 Å². The molecule has 4 aromatic rings. The smallest absolute Gasteiger partial charge is 0.245 e. The largest absolute Gasteiger partial charge is 0.435 e. The van der Waals surface area contributed by atoms with Crippen molar-refractivity contribution in [1.82, 2.24) is 24.7 Å². The second kappa shape index (κ2) is 7.95. The number of thioether (sulfide) groups is 1. The first-order valence-electron chi connectivity index (χ1n) is 8.78. The highest BCUT2D eigenvalue weighted by molar-refractivity contribution is 7.98. The molecule has 0 saturated heterocycles. The number of rotatable bonds is 6. The van der Waals surface area contributed by atoms with Gasteiger partial charge in [-0.25, -0.2) is 9.97 Å². The van der Waals surface area contributed by atoms with Gasteiger partial charge in [0.25, 0.3) is 0 Å². The van der Waals surface area contributed by atoms with Crippen molar-refractivity contribution in [1.29, 1.82) is 0 Å². The Labute approximate surface area is 166 Å². The summed E-state index contributed by atoms with van der Waals surface area (Å²) in [5.74, 6) is 1.72. The topological polar surface area (TPSA) is 89.9 Å². The molecule has 0 spiro atoms. The third-order valence-electron chi connectivity index (χ3n) is 4.39. The number of aliphatic hydroxyl groups is 1. The minimum atomic E-state index is -0.146. The zero-order valence-corrected chi connectivity index (χ0v) is 16.3. The summed E-state index contributed by atoms with van der Waals surface area (Å²) < 4.78 is 7.79. The lowest BCUT2D eigenvalue weighted by Crippen LogP contribution is -2.10. The van der Waals surface area contributed by atoms with E-state index in [2.05, 4.69) is 26.2 Å². The summed E-state index contributed by atoms with van der Waals surface area (Å²) in [6, 6.07) is 13.5. The summed E-state index contributed by atoms with van der Waals surface area (Å²) in [6.45, 7) is 1.88. The fourth-order valence-corrected chi connectivity index (χ4v) is 3.48. The SMILES string of the molecule is CSc1ccccc1-c1cnc(-c2cccc(-c3nncn3[C@H](C)CO)n2)o1. The molecule has 3 heterocycles. The number of nitrogens with zero attached hydrogens (tertiary/aromatic N) is 5. The van der Waals surface area contributed by atoms with Gasteiger partial charge >= 0.3 is 0 Å². The Kier molecular flexibility index (Phi) is 5.23. The van der Waals surface area contributed by atoms with Crippen molar-refractivity contribution in [3.63, 3.8) is 0 Å². The van der Waals surface area contributed by atoms with Crippen LogP contribution in [0.25, 0.3) is 34.4 Å². The molecule has 0 amide bonds. The van der Waals surface area contributed by atoms with Crippen molar-refractivity contribution < 1.29 is 9.52 Å². The van der Waals surface area contributed by atoms with Crippen LogP contribution < -0.4 is 0 Å². The van der Waals surface area contributed by atoms with Crippen LogP contribution in [0.15, 0.2) is 64.3 Å². The van der Waals surface area contributed by atoms with Gasteiger partial charge in [-0.05, 0) is 31.4 Å². The standard InChI is InChI=1S/C20H19N5O2S/c1-13(11-26)25-12-22-24-19(25)15-7-5-8-16(23-15)20-21-10-17(27-20)14-6-3-4-9-18(14)28-2/h3-10,12-13,26H,11H2,1-2H3/t13-/m1/s1. The van der Waals surface area contributed by atoms with Crippen LogP contribution in [0.4, 0.5) is 0 Å². The fraction of sp³-hybridized carbons (Fsp3) is 0.200. The van der Waals surface area contributed by atoms with E-state index in [9.17, 15) is 5.11 Å². The van der Waals surface area contributed by atoms with E-state index in [0.717, 1.165) is 10.5 Å². The van der Waals surface area contributed by atoms with Gasteiger partial charge in [-0.15, -0.1) is 22.0 Å². The number of aromatic nitrogens is 5. The molecule has 28 heavy (non-hydrogen) atoms. The van der Waals surface area contributed by atoms with E-state index in [1.807, 2.05) is 49.6 Å². The van der Waals surface area contributed by atoms with Crippen LogP contribution in [0.1, 0.15) is 13.0 Å². The van der Waals surface area contributed by atoms with Crippen molar-refractivity contribution in [2.45, 2.75) is 17.9 Å². The van der Waals surface area contributed by atoms with Crippen LogP contribution in [0.2, 0.25) is 0 Å². The monoisotopic (exact) mass is 393 g/mol. The van der Waals surface area contributed by atoms with Crippen LogP contribution in [-0.2, 0) is 0 Å². The van der Waals surface area contributed by atoms with Gasteiger partial charge in [-0.1, -0.05) is 24.3 Å². The average Bonchev–Trinajstić information content (AvgIpc) is 3.43. The lowest BCUT2D eigenvalue weighted by molar-refractivity contribution is 0.239. The Morgan fingerprint density at radius 1 is 1.14 bits per heavy atom. The van der Waals surface area contributed by atoms with Gasteiger partial charge in [0.2, 0.25) is 5.89 Å². The molecule has 8 heteroatoms. The molecular formula is C20H19N5O2S. The molecule has 0 aliphatic heterocycles. The Bertz CT molecular complexity index is 1090. The van der Waals surface area contributed by atoms with Gasteiger partial charge in [0.1, 0.15) is 17.7 Å². The predicted molar refractivity (Wildman–Crippen MR) is 108 cm³/mol. The first kappa shape index (κ1) is 18.4. The summed E-state index contributed by atoms with van der Waals surface area (Å²) in [6.07, 6.45) is 5.34. The Hall–Kier alpha value is -2.97. The highest BCUT2D eigenvalue weighted by atomic mass is 32.2. The van der Waals surface area contributed by atoms with Gasteiger partial charge in [0.15, 0.2) is 11.6 Å². The second-order valence-electron chi connectivity index (χ2n) is 6.23. The number of oxazole rings is 1. The van der Waals surface area contributed by atoms with Crippen LogP contribution in [0.5, 0.6) is 0 Å². The zero-order chi connectivity index (χ0) is 19.5. The average molecular weight is 393 g/mol. The van der Waals surface area contributed by atoms with Gasteiger partial charge in [-0.2, -0.15) is 0 Å². The zero-order valence-electron chi connectivity index (χ0n) is 15.5. The third kappa shape index (κ3) is 3.44. The first-order chi connectivity index (χ1) is 13.7. The van der Waals surface area contributed by atoms with Crippen molar-refractivity contribution in [3.8, 4) is 34.4 Å². The van der Waals surface area contributed by atoms with Crippen LogP contribution in [0, 0.1) is 0 Å². The van der Waals surface area contributed by atoms with E-state index in [-0.39, 0.29) is 12.6 Å². The van der Waals surface area contributed by atoms with Gasteiger partial charge in [0, 0.05) is 10.5 Å². The maximum Gasteiger partial charge on any atom is 0.245 e. The third-order valence-corrected chi connectivity index (χ3v) is 5.18. The molecule has 0 aliphatic rings. The minimum absolute atomic E-state index is 0.0112. The summed E-state index contributed by atoms with van der Waals surface area (Å²) in [7, 11) is 0. The van der Waals surface area contributed by atoms with Crippen molar-refractivity contribution >= 4 is 11.8 Å². The maximum absolute atomic E-state index is 9.44. The minimum Gasteiger partial charge on any atom is -0.435 e. The molecule has 0 aliphatic carbocycles. The number of aliphatic hydroxyl groups excluding tert-OH is 1. The molecule has 7 nitrogen and oxygen atoms in total. The maximum atomic E-state index is 9.44. The van der Waals surface area contributed by atoms with Gasteiger partial charge in [0.05, 0.1) is 18.8 Å². The predicted octanol–water partition coefficient (Wildman–Crippen LogP) is 3.94. The second-order valence-corrected chi connectivity index (χ2v) is 7.08. The van der Waals surface area contributed by atoms with Crippen LogP contribution in [0.3, 0.4) is 0 Å². The molecule has 0 bridgehead atoms. The molecule has 1 aromatic carbocycles. The molecule has 0 fully saturated rings. The number of benzene rings is 1. The van der Waals surface area contributed by atoms with E-state index in [0.29, 0.717) is 28.9 Å². The van der Waals surface area contributed by atoms with E-state index in [1.165, 1.54) is 0 Å². The van der Waals surface area contributed by atoms with Crippen molar-refractivity contribution in [2.24, 2.45) is 0 Å². The van der Waals surface area contributed by atoms with Crippen molar-refractivity contribution in [2.75, 3.05) is 12.9 Å². The molecule has 1 N–H and O–H groups in total. The van der Waals surface area contributed by atoms with E-state index >= 15 is 0 Å². The van der Waals surface area contributed by atoms with E-state index in [4.69, 9.17) is 4.42 Å². The Morgan fingerprint density at radius 3 is 2.79 bits per heavy atom. The van der Waals surface area contributed by atoms with Crippen LogP contribution in [-0.4, -0.2) is 42.7 Å². The summed E-state index contributed by atoms with van der Waals surface area (Å²) in [5, 5.41) is 17.5. The van der Waals surface area contributed by atoms with Gasteiger partial charge < -0.3 is 14.1 Å². The van der Waals surface area contributed by atoms with Crippen molar-refractivity contribution in [3.05, 3.63) is 55.0 Å². The lowest BCUT2D eigenvalue weighted by atomic mass is 10.2. The number of hydrogen-bond donors (Lipinski definition) is 1. The number of pyridine rings is 1. The van der Waals surface area contributed by atoms with Crippen LogP contribution >= 0.6 is 11.8 Å². The normalized spacial score (nSPS) is 12.2.